The number of carbonyl (C=O) groups is 2. The molecule has 1 heterocycles. The van der Waals surface area contributed by atoms with Gasteiger partial charge in [0.1, 0.15) is 6.04 Å². The van der Waals surface area contributed by atoms with Crippen LogP contribution in [0.1, 0.15) is 26.3 Å². The van der Waals surface area contributed by atoms with E-state index < -0.39 is 6.04 Å². The Kier molecular flexibility index (Phi) is 4.12. The highest BCUT2D eigenvalue weighted by Crippen LogP contribution is 2.24. The number of aryl methyl sites for hydroxylation is 1. The number of piperazine rings is 1. The van der Waals surface area contributed by atoms with E-state index in [-0.39, 0.29) is 17.7 Å². The Labute approximate surface area is 120 Å². The molecule has 1 fully saturated rings. The summed E-state index contributed by atoms with van der Waals surface area (Å²) in [7, 11) is 0. The molecule has 4 heteroatoms. The van der Waals surface area contributed by atoms with Crippen LogP contribution in [0.2, 0.25) is 0 Å². The Morgan fingerprint density at radius 3 is 2.50 bits per heavy atom. The van der Waals surface area contributed by atoms with E-state index in [2.05, 4.69) is 0 Å². The number of amides is 2. The predicted octanol–water partition coefficient (Wildman–Crippen LogP) is 2.21. The fourth-order valence-corrected chi connectivity index (χ4v) is 2.61. The molecule has 1 atom stereocenters. The molecule has 0 spiro atoms. The van der Waals surface area contributed by atoms with Crippen molar-refractivity contribution in [3.63, 3.8) is 0 Å². The maximum absolute atomic E-state index is 12.5. The average molecular weight is 274 g/mol. The van der Waals surface area contributed by atoms with Crippen LogP contribution in [-0.4, -0.2) is 35.8 Å². The molecule has 2 amide bonds. The molecule has 0 unspecified atom stereocenters. The third-order valence-electron chi connectivity index (χ3n) is 3.84. The largest absolute Gasteiger partial charge is 0.329 e. The van der Waals surface area contributed by atoms with Crippen molar-refractivity contribution in [3.05, 3.63) is 29.8 Å². The minimum Gasteiger partial charge on any atom is -0.329 e. The molecule has 108 valence electrons. The van der Waals surface area contributed by atoms with E-state index in [1.807, 2.05) is 52.0 Å². The molecule has 0 aromatic heterocycles. The van der Waals surface area contributed by atoms with Crippen LogP contribution < -0.4 is 4.90 Å². The van der Waals surface area contributed by atoms with E-state index in [0.29, 0.717) is 13.1 Å². The Bertz CT molecular complexity index is 525. The highest BCUT2D eigenvalue weighted by Gasteiger charge is 2.35. The SMILES string of the molecule is Cc1ccccc1N1CCN(C(=O)C(C)C)[C@@H](C)C1=O. The zero-order valence-electron chi connectivity index (χ0n) is 12.6. The van der Waals surface area contributed by atoms with E-state index in [4.69, 9.17) is 0 Å². The summed E-state index contributed by atoms with van der Waals surface area (Å²) >= 11 is 0. The van der Waals surface area contributed by atoms with Crippen LogP contribution in [0.3, 0.4) is 0 Å². The number of para-hydroxylation sites is 1. The molecule has 1 aromatic carbocycles. The minimum absolute atomic E-state index is 0.000417. The van der Waals surface area contributed by atoms with E-state index in [9.17, 15) is 9.59 Å². The van der Waals surface area contributed by atoms with Gasteiger partial charge in [-0.25, -0.2) is 0 Å². The van der Waals surface area contributed by atoms with Crippen molar-refractivity contribution in [1.82, 2.24) is 4.90 Å². The molecule has 0 bridgehead atoms. The summed E-state index contributed by atoms with van der Waals surface area (Å²) in [6, 6.07) is 7.47. The highest BCUT2D eigenvalue weighted by molar-refractivity contribution is 6.00. The summed E-state index contributed by atoms with van der Waals surface area (Å²) in [5.74, 6) is -0.0231. The lowest BCUT2D eigenvalue weighted by Gasteiger charge is -2.40. The summed E-state index contributed by atoms with van der Waals surface area (Å²) in [6.45, 7) is 8.71. The van der Waals surface area contributed by atoms with Gasteiger partial charge in [-0.3, -0.25) is 9.59 Å². The predicted molar refractivity (Wildman–Crippen MR) is 79.5 cm³/mol. The van der Waals surface area contributed by atoms with Gasteiger partial charge in [-0.2, -0.15) is 0 Å². The molecular formula is C16H22N2O2. The maximum atomic E-state index is 12.5. The summed E-state index contributed by atoms with van der Waals surface area (Å²) in [4.78, 5) is 28.2. The lowest BCUT2D eigenvalue weighted by atomic mass is 10.1. The molecule has 1 aromatic rings. The van der Waals surface area contributed by atoms with Gasteiger partial charge < -0.3 is 9.80 Å². The normalized spacial score (nSPS) is 19.6. The Balaban J connectivity index is 2.22. The zero-order valence-corrected chi connectivity index (χ0v) is 12.6. The summed E-state index contributed by atoms with van der Waals surface area (Å²) in [5.41, 5.74) is 2.03. The first-order valence-electron chi connectivity index (χ1n) is 7.11. The van der Waals surface area contributed by atoms with Crippen molar-refractivity contribution < 1.29 is 9.59 Å². The van der Waals surface area contributed by atoms with Gasteiger partial charge in [0.2, 0.25) is 11.8 Å². The van der Waals surface area contributed by atoms with Crippen molar-refractivity contribution in [2.75, 3.05) is 18.0 Å². The fourth-order valence-electron chi connectivity index (χ4n) is 2.61. The summed E-state index contributed by atoms with van der Waals surface area (Å²) < 4.78 is 0. The second-order valence-corrected chi connectivity index (χ2v) is 5.64. The molecule has 0 saturated carbocycles. The third-order valence-corrected chi connectivity index (χ3v) is 3.84. The molecule has 1 aliphatic rings. The fraction of sp³-hybridized carbons (Fsp3) is 0.500. The van der Waals surface area contributed by atoms with Crippen LogP contribution in [0.15, 0.2) is 24.3 Å². The first-order valence-corrected chi connectivity index (χ1v) is 7.11. The molecule has 20 heavy (non-hydrogen) atoms. The van der Waals surface area contributed by atoms with Gasteiger partial charge in [0.25, 0.3) is 0 Å². The van der Waals surface area contributed by atoms with E-state index in [1.54, 1.807) is 9.80 Å². The molecule has 1 saturated heterocycles. The molecule has 2 rings (SSSR count). The second-order valence-electron chi connectivity index (χ2n) is 5.64. The van der Waals surface area contributed by atoms with Crippen LogP contribution in [0.4, 0.5) is 5.69 Å². The maximum Gasteiger partial charge on any atom is 0.249 e. The van der Waals surface area contributed by atoms with Crippen molar-refractivity contribution in [1.29, 1.82) is 0 Å². The number of carbonyl (C=O) groups excluding carboxylic acids is 2. The number of anilines is 1. The smallest absolute Gasteiger partial charge is 0.249 e. The summed E-state index contributed by atoms with van der Waals surface area (Å²) in [5, 5.41) is 0. The molecule has 4 nitrogen and oxygen atoms in total. The van der Waals surface area contributed by atoms with E-state index in [0.717, 1.165) is 11.3 Å². The van der Waals surface area contributed by atoms with Gasteiger partial charge in [-0.15, -0.1) is 0 Å². The van der Waals surface area contributed by atoms with Crippen molar-refractivity contribution in [2.24, 2.45) is 5.92 Å². The Morgan fingerprint density at radius 2 is 1.90 bits per heavy atom. The Hall–Kier alpha value is -1.84. The van der Waals surface area contributed by atoms with Gasteiger partial charge >= 0.3 is 0 Å². The Morgan fingerprint density at radius 1 is 1.25 bits per heavy atom. The van der Waals surface area contributed by atoms with Crippen LogP contribution in [0.5, 0.6) is 0 Å². The third kappa shape index (κ3) is 2.55. The highest BCUT2D eigenvalue weighted by atomic mass is 16.2. The van der Waals surface area contributed by atoms with E-state index in [1.165, 1.54) is 0 Å². The minimum atomic E-state index is -0.391. The van der Waals surface area contributed by atoms with Gasteiger partial charge in [0.15, 0.2) is 0 Å². The molecular weight excluding hydrogens is 252 g/mol. The number of hydrogen-bond acceptors (Lipinski definition) is 2. The van der Waals surface area contributed by atoms with Crippen LogP contribution in [0.25, 0.3) is 0 Å². The molecule has 0 radical (unpaired) electrons. The van der Waals surface area contributed by atoms with Gasteiger partial charge in [0.05, 0.1) is 0 Å². The summed E-state index contributed by atoms with van der Waals surface area (Å²) in [6.07, 6.45) is 0. The molecule has 0 N–H and O–H groups in total. The number of hydrogen-bond donors (Lipinski definition) is 0. The van der Waals surface area contributed by atoms with E-state index >= 15 is 0 Å². The van der Waals surface area contributed by atoms with Crippen LogP contribution in [-0.2, 0) is 9.59 Å². The standard InChI is InChI=1S/C16H22N2O2/c1-11(2)15(19)17-9-10-18(16(20)13(17)4)14-8-6-5-7-12(14)3/h5-8,11,13H,9-10H2,1-4H3/t13-/m0/s1. The number of nitrogens with zero attached hydrogens (tertiary/aromatic N) is 2. The van der Waals surface area contributed by atoms with Crippen molar-refractivity contribution in [3.8, 4) is 0 Å². The van der Waals surface area contributed by atoms with Gasteiger partial charge in [-0.1, -0.05) is 32.0 Å². The molecule has 0 aliphatic carbocycles. The first-order chi connectivity index (χ1) is 9.43. The lowest BCUT2D eigenvalue weighted by Crippen LogP contribution is -2.58. The molecule has 1 aliphatic heterocycles. The average Bonchev–Trinajstić information content (AvgIpc) is 2.42. The zero-order chi connectivity index (χ0) is 14.9. The first kappa shape index (κ1) is 14.6. The topological polar surface area (TPSA) is 40.6 Å². The van der Waals surface area contributed by atoms with Crippen molar-refractivity contribution in [2.45, 2.75) is 33.7 Å². The van der Waals surface area contributed by atoms with Gasteiger partial charge in [-0.05, 0) is 25.5 Å². The quantitative estimate of drug-likeness (QED) is 0.829. The lowest BCUT2D eigenvalue weighted by molar-refractivity contribution is -0.143. The number of rotatable bonds is 2. The van der Waals surface area contributed by atoms with Gasteiger partial charge in [0, 0.05) is 24.7 Å². The monoisotopic (exact) mass is 274 g/mol. The van der Waals surface area contributed by atoms with Crippen LogP contribution in [0, 0.1) is 12.8 Å². The van der Waals surface area contributed by atoms with Crippen molar-refractivity contribution >= 4 is 17.5 Å². The van der Waals surface area contributed by atoms with Crippen LogP contribution >= 0.6 is 0 Å². The second kappa shape index (κ2) is 5.65. The number of benzene rings is 1.